The van der Waals surface area contributed by atoms with Gasteiger partial charge in [-0.3, -0.25) is 14.8 Å². The topological polar surface area (TPSA) is 91.1 Å². The van der Waals surface area contributed by atoms with Crippen molar-refractivity contribution in [3.8, 4) is 11.8 Å². The van der Waals surface area contributed by atoms with Crippen LogP contribution in [0.4, 0.5) is 26.3 Å². The summed E-state index contributed by atoms with van der Waals surface area (Å²) in [4.78, 5) is 21.3. The number of alkyl halides is 6. The van der Waals surface area contributed by atoms with Gasteiger partial charge < -0.3 is 15.0 Å². The maximum absolute atomic E-state index is 13.0. The summed E-state index contributed by atoms with van der Waals surface area (Å²) < 4.78 is 80.8. The number of fused-ring (bicyclic) bond motifs is 2. The molecule has 7 nitrogen and oxygen atoms in total. The van der Waals surface area contributed by atoms with Crippen LogP contribution in [0, 0.1) is 17.2 Å². The Morgan fingerprint density at radius 1 is 0.951 bits per heavy atom. The minimum atomic E-state index is -4.54. The quantitative estimate of drug-likeness (QED) is 0.391. The molecule has 0 spiro atoms. The van der Waals surface area contributed by atoms with E-state index in [4.69, 9.17) is 10.00 Å². The van der Waals surface area contributed by atoms with Crippen LogP contribution in [0.25, 0.3) is 0 Å². The number of nitrogens with zero attached hydrogens (tertiary/aromatic N) is 4. The molecule has 0 saturated carbocycles. The monoisotopic (exact) mass is 577 g/mol. The summed E-state index contributed by atoms with van der Waals surface area (Å²) in [5.41, 5.74) is 1.27. The lowest BCUT2D eigenvalue weighted by Gasteiger charge is -2.19. The summed E-state index contributed by atoms with van der Waals surface area (Å²) in [6, 6.07) is 8.64. The van der Waals surface area contributed by atoms with E-state index in [1.54, 1.807) is 12.1 Å². The number of pyridine rings is 2. The molecule has 2 aliphatic rings. The molecule has 0 unspecified atom stereocenters. The van der Waals surface area contributed by atoms with Gasteiger partial charge in [0.05, 0.1) is 23.8 Å². The van der Waals surface area contributed by atoms with Crippen LogP contribution in [0.3, 0.4) is 0 Å². The van der Waals surface area contributed by atoms with Gasteiger partial charge in [-0.25, -0.2) is 0 Å². The van der Waals surface area contributed by atoms with Gasteiger partial charge in [0, 0.05) is 38.6 Å². The average Bonchev–Trinajstić information content (AvgIpc) is 3.57. The molecule has 5 rings (SSSR count). The maximum atomic E-state index is 13.0. The summed E-state index contributed by atoms with van der Waals surface area (Å²) >= 11 is 0. The van der Waals surface area contributed by atoms with Gasteiger partial charge in [-0.2, -0.15) is 31.6 Å². The Labute approximate surface area is 231 Å². The van der Waals surface area contributed by atoms with E-state index in [1.165, 1.54) is 17.2 Å². The predicted octanol–water partition coefficient (Wildman–Crippen LogP) is 5.87. The summed E-state index contributed by atoms with van der Waals surface area (Å²) in [5.74, 6) is 0.185. The molecule has 0 radical (unpaired) electrons. The summed E-state index contributed by atoms with van der Waals surface area (Å²) in [5, 5.41) is 12.1. The molecule has 1 aromatic carbocycles. The fourth-order valence-corrected chi connectivity index (χ4v) is 4.24. The molecule has 3 aromatic rings. The average molecular weight is 578 g/mol. The van der Waals surface area contributed by atoms with Crippen LogP contribution < -0.4 is 10.1 Å². The third-order valence-electron chi connectivity index (χ3n) is 6.30. The zero-order valence-corrected chi connectivity index (χ0v) is 22.0. The molecule has 4 heterocycles. The molecule has 0 atom stereocenters. The zero-order valence-electron chi connectivity index (χ0n) is 22.0. The number of carbonyl (C=O) groups is 1. The van der Waals surface area contributed by atoms with Crippen molar-refractivity contribution in [2.24, 2.45) is 5.92 Å². The Bertz CT molecular complexity index is 1480. The molecule has 41 heavy (non-hydrogen) atoms. The van der Waals surface area contributed by atoms with Gasteiger partial charge in [-0.15, -0.1) is 0 Å². The number of benzene rings is 1. The number of carbonyl (C=O) groups excluding carboxylic acids is 1. The van der Waals surface area contributed by atoms with Crippen molar-refractivity contribution in [1.29, 1.82) is 5.26 Å². The van der Waals surface area contributed by atoms with Crippen LogP contribution in [0.15, 0.2) is 42.7 Å². The van der Waals surface area contributed by atoms with Gasteiger partial charge in [0.25, 0.3) is 5.91 Å². The first kappa shape index (κ1) is 29.8. The van der Waals surface area contributed by atoms with Crippen LogP contribution in [0.2, 0.25) is 0 Å². The summed E-state index contributed by atoms with van der Waals surface area (Å²) in [6.07, 6.45) is -6.42. The van der Waals surface area contributed by atoms with Gasteiger partial charge in [0.1, 0.15) is 17.1 Å². The fraction of sp³-hybridized carbons (Fsp3) is 0.357. The zero-order chi connectivity index (χ0) is 29.9. The molecule has 2 aromatic heterocycles. The second-order valence-electron chi connectivity index (χ2n) is 9.96. The first-order valence-electron chi connectivity index (χ1n) is 12.5. The lowest BCUT2D eigenvalue weighted by molar-refractivity contribution is -0.142. The standard InChI is InChI=1S/C20H18F3N3O2.C8H7F3N2/c1-12(2)11-28-17-4-3-13(7-24)5-16(17)19(27)26-9-14-6-18(20(21,22)23)25-8-15(14)10-26;9-8(10,11)7-1-5-2-12-3-6(5)4-13-7/h3-6,8,12H,9-11H2,1-2H3;1,4,12H,2-3H2. The highest BCUT2D eigenvalue weighted by Crippen LogP contribution is 2.33. The van der Waals surface area contributed by atoms with Crippen LogP contribution in [-0.2, 0) is 38.5 Å². The van der Waals surface area contributed by atoms with Crippen molar-refractivity contribution in [3.05, 3.63) is 87.5 Å². The maximum Gasteiger partial charge on any atom is 0.433 e. The van der Waals surface area contributed by atoms with Gasteiger partial charge in [-0.1, -0.05) is 13.8 Å². The summed E-state index contributed by atoms with van der Waals surface area (Å²) in [6.45, 7) is 5.63. The van der Waals surface area contributed by atoms with Crippen molar-refractivity contribution in [1.82, 2.24) is 20.2 Å². The molecule has 0 aliphatic carbocycles. The third kappa shape index (κ3) is 7.13. The number of hydrogen-bond acceptors (Lipinski definition) is 6. The Hall–Kier alpha value is -4.18. The Kier molecular flexibility index (Phi) is 8.53. The minimum absolute atomic E-state index is 0.0418. The van der Waals surface area contributed by atoms with Crippen LogP contribution >= 0.6 is 0 Å². The van der Waals surface area contributed by atoms with Crippen molar-refractivity contribution >= 4 is 5.91 Å². The number of rotatable bonds is 4. The molecule has 216 valence electrons. The highest BCUT2D eigenvalue weighted by Gasteiger charge is 2.35. The summed E-state index contributed by atoms with van der Waals surface area (Å²) in [7, 11) is 0. The number of amides is 1. The van der Waals surface area contributed by atoms with E-state index in [-0.39, 0.29) is 24.6 Å². The van der Waals surface area contributed by atoms with Crippen molar-refractivity contribution in [2.75, 3.05) is 6.61 Å². The third-order valence-corrected chi connectivity index (χ3v) is 6.30. The second-order valence-corrected chi connectivity index (χ2v) is 9.96. The van der Waals surface area contributed by atoms with Crippen LogP contribution in [0.5, 0.6) is 5.75 Å². The van der Waals surface area contributed by atoms with Gasteiger partial charge >= 0.3 is 12.4 Å². The molecular weight excluding hydrogens is 552 g/mol. The SMILES string of the molecule is CC(C)COc1ccc(C#N)cc1C(=O)N1Cc2cnc(C(F)(F)F)cc2C1.FC(F)(F)c1cc2c(cn1)CNC2. The minimum Gasteiger partial charge on any atom is -0.492 e. The highest BCUT2D eigenvalue weighted by atomic mass is 19.4. The van der Waals surface area contributed by atoms with E-state index in [0.29, 0.717) is 47.7 Å². The molecule has 1 amide bonds. The number of nitrogens with one attached hydrogen (secondary N) is 1. The first-order valence-corrected chi connectivity index (χ1v) is 12.5. The fourth-order valence-electron chi connectivity index (χ4n) is 4.24. The second kappa shape index (κ2) is 11.7. The molecule has 0 fully saturated rings. The molecule has 13 heteroatoms. The normalized spacial score (nSPS) is 14.2. The molecule has 1 N–H and O–H groups in total. The van der Waals surface area contributed by atoms with Crippen molar-refractivity contribution in [3.63, 3.8) is 0 Å². The van der Waals surface area contributed by atoms with E-state index in [2.05, 4.69) is 15.3 Å². The van der Waals surface area contributed by atoms with E-state index in [0.717, 1.165) is 23.9 Å². The van der Waals surface area contributed by atoms with Gasteiger partial charge in [0.2, 0.25) is 0 Å². The molecule has 0 bridgehead atoms. The number of ether oxygens (including phenoxy) is 1. The number of halogens is 6. The number of aromatic nitrogens is 2. The first-order chi connectivity index (χ1) is 19.3. The van der Waals surface area contributed by atoms with E-state index in [1.807, 2.05) is 19.9 Å². The Morgan fingerprint density at radius 3 is 2.15 bits per heavy atom. The Morgan fingerprint density at radius 2 is 1.54 bits per heavy atom. The lowest BCUT2D eigenvalue weighted by Crippen LogP contribution is -2.26. The van der Waals surface area contributed by atoms with Crippen LogP contribution in [0.1, 0.15) is 63.4 Å². The highest BCUT2D eigenvalue weighted by molar-refractivity contribution is 5.97. The number of hydrogen-bond donors (Lipinski definition) is 1. The van der Waals surface area contributed by atoms with E-state index < -0.39 is 29.6 Å². The largest absolute Gasteiger partial charge is 0.492 e. The predicted molar refractivity (Wildman–Crippen MR) is 134 cm³/mol. The van der Waals surface area contributed by atoms with Crippen LogP contribution in [-0.4, -0.2) is 27.4 Å². The Balaban J connectivity index is 0.000000247. The van der Waals surface area contributed by atoms with Gasteiger partial charge in [-0.05, 0) is 58.5 Å². The van der Waals surface area contributed by atoms with E-state index in [9.17, 15) is 31.1 Å². The smallest absolute Gasteiger partial charge is 0.433 e. The molecular formula is C28H25F6N5O2. The number of nitriles is 1. The molecule has 2 aliphatic heterocycles. The van der Waals surface area contributed by atoms with Gasteiger partial charge in [0.15, 0.2) is 0 Å². The molecule has 0 saturated heterocycles. The van der Waals surface area contributed by atoms with E-state index >= 15 is 0 Å². The van der Waals surface area contributed by atoms with Crippen molar-refractivity contribution in [2.45, 2.75) is 52.4 Å². The lowest BCUT2D eigenvalue weighted by atomic mass is 10.1. The van der Waals surface area contributed by atoms with Crippen molar-refractivity contribution < 1.29 is 35.9 Å².